The molecular formula is C14H13NO4. The lowest BCUT2D eigenvalue weighted by molar-refractivity contribution is -0.152. The van der Waals surface area contributed by atoms with E-state index in [1.165, 1.54) is 0 Å². The van der Waals surface area contributed by atoms with Gasteiger partial charge in [-0.05, 0) is 30.7 Å². The molecule has 0 aliphatic heterocycles. The summed E-state index contributed by atoms with van der Waals surface area (Å²) in [6.07, 6.45) is 3.17. The summed E-state index contributed by atoms with van der Waals surface area (Å²) < 4.78 is 9.61. The number of hydrogen-bond donors (Lipinski definition) is 1. The zero-order chi connectivity index (χ0) is 13.7. The van der Waals surface area contributed by atoms with Gasteiger partial charge in [0.25, 0.3) is 0 Å². The molecule has 1 aromatic heterocycles. The molecule has 0 unspecified atom stereocenters. The minimum Gasteiger partial charge on any atom is -0.472 e. The summed E-state index contributed by atoms with van der Waals surface area (Å²) in [5.41, 5.74) is 2.30. The second-order valence-corrected chi connectivity index (χ2v) is 3.77. The molecule has 0 bridgehead atoms. The molecule has 0 saturated carbocycles. The van der Waals surface area contributed by atoms with Crippen LogP contribution in [0.1, 0.15) is 6.92 Å². The number of anilines is 1. The van der Waals surface area contributed by atoms with E-state index in [2.05, 4.69) is 10.1 Å². The molecule has 5 nitrogen and oxygen atoms in total. The molecule has 0 aliphatic carbocycles. The smallest absolute Gasteiger partial charge is 0.397 e. The number of carbonyl (C=O) groups is 2. The van der Waals surface area contributed by atoms with Gasteiger partial charge in [-0.3, -0.25) is 4.79 Å². The van der Waals surface area contributed by atoms with E-state index in [-0.39, 0.29) is 6.61 Å². The Labute approximate surface area is 110 Å². The van der Waals surface area contributed by atoms with Crippen LogP contribution in [0.3, 0.4) is 0 Å². The lowest BCUT2D eigenvalue weighted by Crippen LogP contribution is -2.24. The van der Waals surface area contributed by atoms with Gasteiger partial charge in [0.1, 0.15) is 0 Å². The van der Waals surface area contributed by atoms with Gasteiger partial charge in [-0.2, -0.15) is 0 Å². The Morgan fingerprint density at radius 3 is 2.79 bits per heavy atom. The van der Waals surface area contributed by atoms with Crippen LogP contribution >= 0.6 is 0 Å². The van der Waals surface area contributed by atoms with E-state index in [0.717, 1.165) is 11.1 Å². The normalized spacial score (nSPS) is 9.95. The Kier molecular flexibility index (Phi) is 3.97. The van der Waals surface area contributed by atoms with Crippen LogP contribution in [0.2, 0.25) is 0 Å². The van der Waals surface area contributed by atoms with Crippen molar-refractivity contribution in [3.8, 4) is 11.1 Å². The maximum Gasteiger partial charge on any atom is 0.397 e. The molecule has 0 aliphatic rings. The molecule has 5 heteroatoms. The fourth-order valence-corrected chi connectivity index (χ4v) is 1.58. The second-order valence-electron chi connectivity index (χ2n) is 3.77. The number of carbonyl (C=O) groups excluding carboxylic acids is 2. The number of esters is 1. The minimum atomic E-state index is -0.892. The first-order valence-corrected chi connectivity index (χ1v) is 5.81. The van der Waals surface area contributed by atoms with Gasteiger partial charge in [0.15, 0.2) is 0 Å². The van der Waals surface area contributed by atoms with Crippen molar-refractivity contribution in [3.05, 3.63) is 42.9 Å². The zero-order valence-corrected chi connectivity index (χ0v) is 10.4. The number of hydrogen-bond acceptors (Lipinski definition) is 4. The van der Waals surface area contributed by atoms with Gasteiger partial charge in [-0.1, -0.05) is 12.1 Å². The summed E-state index contributed by atoms with van der Waals surface area (Å²) in [6, 6.07) is 8.92. The van der Waals surface area contributed by atoms with Crippen LogP contribution < -0.4 is 5.32 Å². The molecule has 1 aromatic carbocycles. The van der Waals surface area contributed by atoms with Gasteiger partial charge in [-0.25, -0.2) is 4.79 Å². The largest absolute Gasteiger partial charge is 0.472 e. The molecule has 19 heavy (non-hydrogen) atoms. The highest BCUT2D eigenvalue weighted by Crippen LogP contribution is 2.22. The Morgan fingerprint density at radius 2 is 2.11 bits per heavy atom. The SMILES string of the molecule is CCOC(=O)C(=O)Nc1cccc(-c2ccoc2)c1. The predicted molar refractivity (Wildman–Crippen MR) is 69.4 cm³/mol. The Hall–Kier alpha value is -2.56. The molecule has 0 atom stereocenters. The first-order valence-electron chi connectivity index (χ1n) is 5.81. The molecule has 1 heterocycles. The van der Waals surface area contributed by atoms with E-state index in [0.29, 0.717) is 5.69 Å². The topological polar surface area (TPSA) is 68.5 Å². The van der Waals surface area contributed by atoms with E-state index < -0.39 is 11.9 Å². The molecule has 2 rings (SSSR count). The van der Waals surface area contributed by atoms with Gasteiger partial charge >= 0.3 is 11.9 Å². The lowest BCUT2D eigenvalue weighted by atomic mass is 10.1. The molecule has 98 valence electrons. The lowest BCUT2D eigenvalue weighted by Gasteiger charge is -2.06. The van der Waals surface area contributed by atoms with E-state index in [1.807, 2.05) is 12.1 Å². The molecule has 1 amide bonds. The van der Waals surface area contributed by atoms with Crippen molar-refractivity contribution >= 4 is 17.6 Å². The first-order chi connectivity index (χ1) is 9.20. The molecule has 1 N–H and O–H groups in total. The van der Waals surface area contributed by atoms with Crippen molar-refractivity contribution in [1.82, 2.24) is 0 Å². The summed E-state index contributed by atoms with van der Waals surface area (Å²) in [7, 11) is 0. The molecular weight excluding hydrogens is 246 g/mol. The number of nitrogens with one attached hydrogen (secondary N) is 1. The molecule has 0 saturated heterocycles. The first kappa shape index (κ1) is 12.9. The standard InChI is InChI=1S/C14H13NO4/c1-2-19-14(17)13(16)15-12-5-3-4-10(8-12)11-6-7-18-9-11/h3-9H,2H2,1H3,(H,15,16). The second kappa shape index (κ2) is 5.86. The zero-order valence-electron chi connectivity index (χ0n) is 10.4. The molecule has 0 spiro atoms. The van der Waals surface area contributed by atoms with E-state index in [1.54, 1.807) is 37.6 Å². The fourth-order valence-electron chi connectivity index (χ4n) is 1.58. The summed E-state index contributed by atoms with van der Waals surface area (Å²) in [6.45, 7) is 1.81. The summed E-state index contributed by atoms with van der Waals surface area (Å²) in [5, 5.41) is 2.48. The van der Waals surface area contributed by atoms with Crippen LogP contribution in [0, 0.1) is 0 Å². The number of ether oxygens (including phenoxy) is 1. The van der Waals surface area contributed by atoms with Crippen LogP contribution in [-0.4, -0.2) is 18.5 Å². The highest BCUT2D eigenvalue weighted by molar-refractivity contribution is 6.37. The van der Waals surface area contributed by atoms with Crippen LogP contribution in [0.25, 0.3) is 11.1 Å². The Balaban J connectivity index is 2.12. The maximum absolute atomic E-state index is 11.5. The van der Waals surface area contributed by atoms with Crippen molar-refractivity contribution in [3.63, 3.8) is 0 Å². The average Bonchev–Trinajstić information content (AvgIpc) is 2.93. The number of amides is 1. The van der Waals surface area contributed by atoms with Crippen LogP contribution in [0.15, 0.2) is 47.3 Å². The van der Waals surface area contributed by atoms with Crippen molar-refractivity contribution in [1.29, 1.82) is 0 Å². The van der Waals surface area contributed by atoms with Crippen molar-refractivity contribution in [2.75, 3.05) is 11.9 Å². The monoisotopic (exact) mass is 259 g/mol. The number of benzene rings is 1. The molecule has 0 radical (unpaired) electrons. The third-order valence-electron chi connectivity index (χ3n) is 2.44. The third-order valence-corrected chi connectivity index (χ3v) is 2.44. The van der Waals surface area contributed by atoms with Crippen molar-refractivity contribution in [2.24, 2.45) is 0 Å². The molecule has 2 aromatic rings. The van der Waals surface area contributed by atoms with Crippen LogP contribution in [-0.2, 0) is 14.3 Å². The van der Waals surface area contributed by atoms with Crippen LogP contribution in [0.5, 0.6) is 0 Å². The Bertz CT molecular complexity index is 575. The summed E-state index contributed by atoms with van der Waals surface area (Å²) in [5.74, 6) is -1.68. The van der Waals surface area contributed by atoms with Gasteiger partial charge in [0.2, 0.25) is 0 Å². The third kappa shape index (κ3) is 3.22. The van der Waals surface area contributed by atoms with Crippen LogP contribution in [0.4, 0.5) is 5.69 Å². The van der Waals surface area contributed by atoms with Gasteiger partial charge in [-0.15, -0.1) is 0 Å². The summed E-state index contributed by atoms with van der Waals surface area (Å²) in [4.78, 5) is 22.7. The van der Waals surface area contributed by atoms with E-state index >= 15 is 0 Å². The van der Waals surface area contributed by atoms with Crippen molar-refractivity contribution in [2.45, 2.75) is 6.92 Å². The average molecular weight is 259 g/mol. The van der Waals surface area contributed by atoms with Gasteiger partial charge in [0, 0.05) is 11.3 Å². The maximum atomic E-state index is 11.5. The minimum absolute atomic E-state index is 0.168. The number of rotatable bonds is 3. The quantitative estimate of drug-likeness (QED) is 0.679. The predicted octanol–water partition coefficient (Wildman–Crippen LogP) is 2.45. The van der Waals surface area contributed by atoms with Gasteiger partial charge in [0.05, 0.1) is 19.1 Å². The highest BCUT2D eigenvalue weighted by atomic mass is 16.5. The van der Waals surface area contributed by atoms with E-state index in [4.69, 9.17) is 4.42 Å². The summed E-state index contributed by atoms with van der Waals surface area (Å²) >= 11 is 0. The number of furan rings is 1. The molecule has 0 fully saturated rings. The van der Waals surface area contributed by atoms with Crippen molar-refractivity contribution < 1.29 is 18.7 Å². The fraction of sp³-hybridized carbons (Fsp3) is 0.143. The highest BCUT2D eigenvalue weighted by Gasteiger charge is 2.14. The Morgan fingerprint density at radius 1 is 1.26 bits per heavy atom. The van der Waals surface area contributed by atoms with Gasteiger partial charge < -0.3 is 14.5 Å². The van der Waals surface area contributed by atoms with E-state index in [9.17, 15) is 9.59 Å².